The molecule has 19 heavy (non-hydrogen) atoms. The molecule has 0 atom stereocenters. The molecule has 2 aromatic rings. The van der Waals surface area contributed by atoms with E-state index in [1.807, 2.05) is 0 Å². The van der Waals surface area contributed by atoms with E-state index in [-0.39, 0.29) is 11.3 Å². The predicted molar refractivity (Wildman–Crippen MR) is 75.4 cm³/mol. The van der Waals surface area contributed by atoms with Crippen LogP contribution >= 0.6 is 23.2 Å². The van der Waals surface area contributed by atoms with Gasteiger partial charge in [0.15, 0.2) is 0 Å². The average molecular weight is 297 g/mol. The molecule has 3 nitrogen and oxygen atoms in total. The molecular weight excluding hydrogens is 287 g/mol. The maximum absolute atomic E-state index is 11.2. The Morgan fingerprint density at radius 3 is 2.53 bits per heavy atom. The van der Waals surface area contributed by atoms with Crippen molar-refractivity contribution in [3.8, 4) is 16.9 Å². The first-order valence-corrected chi connectivity index (χ1v) is 6.16. The van der Waals surface area contributed by atoms with Crippen LogP contribution in [0, 0.1) is 0 Å². The number of hydrogen-bond acceptors (Lipinski definition) is 2. The molecule has 2 aromatic carbocycles. The Kier molecular flexibility index (Phi) is 3.98. The van der Waals surface area contributed by atoms with Crippen molar-refractivity contribution in [1.29, 1.82) is 0 Å². The van der Waals surface area contributed by atoms with Crippen LogP contribution in [0.1, 0.15) is 10.4 Å². The Labute approximate surface area is 120 Å². The molecule has 0 aliphatic rings. The van der Waals surface area contributed by atoms with Crippen molar-refractivity contribution in [3.63, 3.8) is 0 Å². The zero-order valence-corrected chi connectivity index (χ0v) is 11.5. The van der Waals surface area contributed by atoms with E-state index in [1.54, 1.807) is 30.3 Å². The smallest absolute Gasteiger partial charge is 0.339 e. The molecule has 0 aliphatic carbocycles. The van der Waals surface area contributed by atoms with Crippen molar-refractivity contribution in [3.05, 3.63) is 52.0 Å². The molecule has 0 aliphatic heterocycles. The van der Waals surface area contributed by atoms with Crippen molar-refractivity contribution < 1.29 is 14.6 Å². The molecule has 0 saturated carbocycles. The van der Waals surface area contributed by atoms with E-state index in [9.17, 15) is 4.79 Å². The Hall–Kier alpha value is -1.71. The summed E-state index contributed by atoms with van der Waals surface area (Å²) < 4.78 is 5.20. The van der Waals surface area contributed by atoms with E-state index in [1.165, 1.54) is 13.2 Å². The van der Waals surface area contributed by atoms with Gasteiger partial charge in [-0.05, 0) is 24.3 Å². The maximum atomic E-state index is 11.2. The van der Waals surface area contributed by atoms with Crippen LogP contribution in [0.5, 0.6) is 5.75 Å². The van der Waals surface area contributed by atoms with Gasteiger partial charge in [0.1, 0.15) is 11.3 Å². The molecule has 0 bridgehead atoms. The highest BCUT2D eigenvalue weighted by Crippen LogP contribution is 2.38. The fourth-order valence-electron chi connectivity index (χ4n) is 1.84. The Morgan fingerprint density at radius 1 is 1.16 bits per heavy atom. The predicted octanol–water partition coefficient (Wildman–Crippen LogP) is 4.37. The summed E-state index contributed by atoms with van der Waals surface area (Å²) in [5.41, 5.74) is 1.31. The summed E-state index contributed by atoms with van der Waals surface area (Å²) in [4.78, 5) is 11.2. The molecule has 2 rings (SSSR count). The number of methoxy groups -OCH3 is 1. The van der Waals surface area contributed by atoms with Crippen LogP contribution in [-0.2, 0) is 0 Å². The van der Waals surface area contributed by atoms with Gasteiger partial charge < -0.3 is 9.84 Å². The van der Waals surface area contributed by atoms with Crippen LogP contribution in [0.25, 0.3) is 11.1 Å². The van der Waals surface area contributed by atoms with Gasteiger partial charge in [0.25, 0.3) is 0 Å². The Bertz CT molecular complexity index is 639. The molecule has 0 saturated heterocycles. The second-order valence-corrected chi connectivity index (χ2v) is 4.66. The van der Waals surface area contributed by atoms with Gasteiger partial charge in [0.05, 0.1) is 7.11 Å². The van der Waals surface area contributed by atoms with Crippen molar-refractivity contribution in [2.45, 2.75) is 0 Å². The summed E-state index contributed by atoms with van der Waals surface area (Å²) >= 11 is 12.1. The summed E-state index contributed by atoms with van der Waals surface area (Å²) in [5.74, 6) is -0.795. The molecule has 0 heterocycles. The molecule has 1 N–H and O–H groups in total. The lowest BCUT2D eigenvalue weighted by atomic mass is 10.0. The molecule has 0 spiro atoms. The SMILES string of the molecule is COc1c(C(=O)O)cccc1-c1cc(Cl)ccc1Cl. The standard InChI is InChI=1S/C14H10Cl2O3/c1-19-13-9(3-2-4-10(13)14(17)18)11-7-8(15)5-6-12(11)16/h2-7H,1H3,(H,17,18). The largest absolute Gasteiger partial charge is 0.495 e. The lowest BCUT2D eigenvalue weighted by Crippen LogP contribution is -2.01. The zero-order chi connectivity index (χ0) is 14.0. The van der Waals surface area contributed by atoms with Crippen molar-refractivity contribution in [2.75, 3.05) is 7.11 Å². The molecule has 0 aromatic heterocycles. The number of rotatable bonds is 3. The first kappa shape index (κ1) is 13.7. The van der Waals surface area contributed by atoms with Gasteiger partial charge in [-0.2, -0.15) is 0 Å². The normalized spacial score (nSPS) is 10.3. The molecule has 0 fully saturated rings. The van der Waals surface area contributed by atoms with Crippen molar-refractivity contribution in [2.24, 2.45) is 0 Å². The van der Waals surface area contributed by atoms with Gasteiger partial charge in [0.2, 0.25) is 0 Å². The average Bonchev–Trinajstić information content (AvgIpc) is 2.40. The van der Waals surface area contributed by atoms with E-state index in [2.05, 4.69) is 0 Å². The zero-order valence-electron chi connectivity index (χ0n) is 9.98. The highest BCUT2D eigenvalue weighted by molar-refractivity contribution is 6.35. The minimum atomic E-state index is -1.06. The highest BCUT2D eigenvalue weighted by atomic mass is 35.5. The second kappa shape index (κ2) is 5.51. The summed E-state index contributed by atoms with van der Waals surface area (Å²) in [7, 11) is 1.42. The van der Waals surface area contributed by atoms with Gasteiger partial charge in [-0.3, -0.25) is 0 Å². The molecule has 5 heteroatoms. The first-order chi connectivity index (χ1) is 9.04. The van der Waals surface area contributed by atoms with E-state index in [4.69, 9.17) is 33.0 Å². The molecule has 98 valence electrons. The van der Waals surface area contributed by atoms with Gasteiger partial charge >= 0.3 is 5.97 Å². The van der Waals surface area contributed by atoms with Gasteiger partial charge in [-0.15, -0.1) is 0 Å². The minimum absolute atomic E-state index is 0.0797. The van der Waals surface area contributed by atoms with Gasteiger partial charge in [-0.25, -0.2) is 4.79 Å². The van der Waals surface area contributed by atoms with Crippen LogP contribution < -0.4 is 4.74 Å². The number of benzene rings is 2. The van der Waals surface area contributed by atoms with Gasteiger partial charge in [0, 0.05) is 21.2 Å². The number of halogens is 2. The number of carboxylic acids is 1. The molecular formula is C14H10Cl2O3. The molecule has 0 unspecified atom stereocenters. The third-order valence-electron chi connectivity index (χ3n) is 2.67. The van der Waals surface area contributed by atoms with E-state index < -0.39 is 5.97 Å². The summed E-state index contributed by atoms with van der Waals surface area (Å²) in [6.07, 6.45) is 0. The van der Waals surface area contributed by atoms with Gasteiger partial charge in [-0.1, -0.05) is 35.3 Å². The lowest BCUT2D eigenvalue weighted by Gasteiger charge is -2.12. The van der Waals surface area contributed by atoms with Crippen molar-refractivity contribution >= 4 is 29.2 Å². The molecule has 0 radical (unpaired) electrons. The van der Waals surface area contributed by atoms with Crippen LogP contribution in [0.15, 0.2) is 36.4 Å². The third-order valence-corrected chi connectivity index (χ3v) is 3.23. The number of carboxylic acid groups (broad SMARTS) is 1. The first-order valence-electron chi connectivity index (χ1n) is 5.40. The van der Waals surface area contributed by atoms with E-state index in [0.29, 0.717) is 21.2 Å². The number of ether oxygens (including phenoxy) is 1. The number of para-hydroxylation sites is 1. The van der Waals surface area contributed by atoms with Crippen molar-refractivity contribution in [1.82, 2.24) is 0 Å². The van der Waals surface area contributed by atoms with Crippen LogP contribution in [0.2, 0.25) is 10.0 Å². The lowest BCUT2D eigenvalue weighted by molar-refractivity contribution is 0.0693. The fourth-order valence-corrected chi connectivity index (χ4v) is 2.23. The Morgan fingerprint density at radius 2 is 1.89 bits per heavy atom. The number of hydrogen-bond donors (Lipinski definition) is 1. The summed E-state index contributed by atoms with van der Waals surface area (Å²) in [6.45, 7) is 0. The van der Waals surface area contributed by atoms with Crippen LogP contribution in [-0.4, -0.2) is 18.2 Å². The van der Waals surface area contributed by atoms with E-state index in [0.717, 1.165) is 0 Å². The fraction of sp³-hybridized carbons (Fsp3) is 0.0714. The minimum Gasteiger partial charge on any atom is -0.495 e. The van der Waals surface area contributed by atoms with E-state index >= 15 is 0 Å². The number of aromatic carboxylic acids is 1. The Balaban J connectivity index is 2.72. The number of carbonyl (C=O) groups is 1. The quantitative estimate of drug-likeness (QED) is 0.915. The monoisotopic (exact) mass is 296 g/mol. The maximum Gasteiger partial charge on any atom is 0.339 e. The third kappa shape index (κ3) is 2.67. The van der Waals surface area contributed by atoms with Crippen LogP contribution in [0.3, 0.4) is 0 Å². The molecule has 0 amide bonds. The topological polar surface area (TPSA) is 46.5 Å². The summed E-state index contributed by atoms with van der Waals surface area (Å²) in [5, 5.41) is 10.1. The van der Waals surface area contributed by atoms with Crippen LogP contribution in [0.4, 0.5) is 0 Å². The second-order valence-electron chi connectivity index (χ2n) is 3.82. The highest BCUT2D eigenvalue weighted by Gasteiger charge is 2.17. The summed E-state index contributed by atoms with van der Waals surface area (Å²) in [6, 6.07) is 9.85.